The maximum Gasteiger partial charge on any atom is -0.0162 e. The zero-order valence-electron chi connectivity index (χ0n) is 17.6. The lowest BCUT2D eigenvalue weighted by atomic mass is 9.78. The van der Waals surface area contributed by atoms with Crippen LogP contribution in [0.25, 0.3) is 11.1 Å². The molecule has 0 atom stereocenters. The number of allylic oxidation sites excluding steroid dienone is 3. The van der Waals surface area contributed by atoms with Gasteiger partial charge < -0.3 is 0 Å². The summed E-state index contributed by atoms with van der Waals surface area (Å²) in [5, 5.41) is 0. The summed E-state index contributed by atoms with van der Waals surface area (Å²) in [7, 11) is 0. The number of unbranched alkanes of at least 4 members (excludes halogenated alkanes) is 2. The van der Waals surface area contributed by atoms with Gasteiger partial charge >= 0.3 is 0 Å². The van der Waals surface area contributed by atoms with Crippen LogP contribution in [0.15, 0.2) is 73.3 Å². The maximum absolute atomic E-state index is 3.80. The molecule has 0 heteroatoms. The summed E-state index contributed by atoms with van der Waals surface area (Å²) in [4.78, 5) is 0. The third-order valence-corrected chi connectivity index (χ3v) is 6.18. The van der Waals surface area contributed by atoms with E-state index in [1.54, 1.807) is 0 Å². The summed E-state index contributed by atoms with van der Waals surface area (Å²) in [5.74, 6) is 1.56. The van der Waals surface area contributed by atoms with Gasteiger partial charge in [-0.2, -0.15) is 0 Å². The minimum absolute atomic E-state index is 0.747. The molecule has 0 nitrogen and oxygen atoms in total. The second-order valence-corrected chi connectivity index (χ2v) is 8.33. The Labute approximate surface area is 172 Å². The molecule has 0 heterocycles. The number of hydrogen-bond donors (Lipinski definition) is 0. The van der Waals surface area contributed by atoms with Gasteiger partial charge in [-0.05, 0) is 85.5 Å². The van der Waals surface area contributed by atoms with Crippen molar-refractivity contribution in [3.63, 3.8) is 0 Å². The molecule has 1 aliphatic rings. The van der Waals surface area contributed by atoms with Crippen LogP contribution in [-0.4, -0.2) is 0 Å². The molecule has 0 bridgehead atoms. The molecule has 0 spiro atoms. The fourth-order valence-corrected chi connectivity index (χ4v) is 4.36. The summed E-state index contributed by atoms with van der Waals surface area (Å²) >= 11 is 0. The number of benzene rings is 2. The predicted octanol–water partition coefficient (Wildman–Crippen LogP) is 8.49. The molecule has 0 saturated heterocycles. The predicted molar refractivity (Wildman–Crippen MR) is 124 cm³/mol. The average molecular weight is 373 g/mol. The summed E-state index contributed by atoms with van der Waals surface area (Å²) in [5.41, 5.74) is 5.61. The van der Waals surface area contributed by atoms with Crippen molar-refractivity contribution < 1.29 is 0 Å². The molecular weight excluding hydrogens is 336 g/mol. The Kier molecular flexibility index (Phi) is 8.15. The Morgan fingerprint density at radius 2 is 1.50 bits per heavy atom. The van der Waals surface area contributed by atoms with Crippen molar-refractivity contribution in [2.45, 2.75) is 70.6 Å². The molecule has 0 amide bonds. The minimum Gasteiger partial charge on any atom is -0.103 e. The second-order valence-electron chi connectivity index (χ2n) is 8.33. The number of rotatable bonds is 9. The first-order valence-corrected chi connectivity index (χ1v) is 11.3. The zero-order chi connectivity index (χ0) is 19.6. The van der Waals surface area contributed by atoms with E-state index in [-0.39, 0.29) is 0 Å². The van der Waals surface area contributed by atoms with E-state index in [1.807, 2.05) is 6.08 Å². The smallest absolute Gasteiger partial charge is 0.0162 e. The van der Waals surface area contributed by atoms with E-state index in [1.165, 1.54) is 67.2 Å². The van der Waals surface area contributed by atoms with Crippen molar-refractivity contribution in [2.75, 3.05) is 0 Å². The second kappa shape index (κ2) is 11.1. The van der Waals surface area contributed by atoms with E-state index in [0.717, 1.165) is 24.7 Å². The van der Waals surface area contributed by atoms with E-state index in [4.69, 9.17) is 0 Å². The van der Waals surface area contributed by atoms with E-state index in [0.29, 0.717) is 0 Å². The highest BCUT2D eigenvalue weighted by atomic mass is 14.3. The van der Waals surface area contributed by atoms with Gasteiger partial charge in [-0.1, -0.05) is 80.1 Å². The van der Waals surface area contributed by atoms with E-state index in [2.05, 4.69) is 74.2 Å². The summed E-state index contributed by atoms with van der Waals surface area (Å²) in [6.45, 7) is 6.06. The Hall–Kier alpha value is -2.08. The van der Waals surface area contributed by atoms with Crippen LogP contribution in [0.1, 0.15) is 75.3 Å². The molecule has 0 aliphatic heterocycles. The first-order chi connectivity index (χ1) is 13.8. The Morgan fingerprint density at radius 3 is 2.11 bits per heavy atom. The first-order valence-electron chi connectivity index (χ1n) is 11.3. The van der Waals surface area contributed by atoms with Crippen LogP contribution in [0.4, 0.5) is 0 Å². The molecular formula is C28H36. The quantitative estimate of drug-likeness (QED) is 0.306. The molecule has 2 aromatic carbocycles. The van der Waals surface area contributed by atoms with Gasteiger partial charge in [0.15, 0.2) is 0 Å². The average Bonchev–Trinajstić information content (AvgIpc) is 2.75. The van der Waals surface area contributed by atoms with Crippen LogP contribution >= 0.6 is 0 Å². The Morgan fingerprint density at radius 1 is 0.857 bits per heavy atom. The molecule has 3 rings (SSSR count). The molecule has 1 saturated carbocycles. The topological polar surface area (TPSA) is 0 Å². The van der Waals surface area contributed by atoms with E-state index >= 15 is 0 Å². The molecule has 28 heavy (non-hydrogen) atoms. The largest absolute Gasteiger partial charge is 0.103 e. The standard InChI is InChI=1S/C28H36/c1-3-5-7-9-23-11-15-25(16-12-23)27-19-21-28(22-20-27)26-17-13-24(14-18-26)10-8-6-4-2/h3,8,10-12,15-16,19-22,24,26H,1,4-7,9,13-14,17-18H2,2H3/t24-,26-. The SMILES string of the molecule is C=CCCCc1ccc(-c2ccc([C@H]3CC[C@H](C=CCCC)CC3)cc2)cc1. The van der Waals surface area contributed by atoms with Crippen molar-refractivity contribution in [3.05, 3.63) is 84.5 Å². The van der Waals surface area contributed by atoms with Gasteiger partial charge in [-0.3, -0.25) is 0 Å². The minimum atomic E-state index is 0.747. The van der Waals surface area contributed by atoms with Gasteiger partial charge in [0.1, 0.15) is 0 Å². The molecule has 2 aromatic rings. The maximum atomic E-state index is 3.80. The van der Waals surface area contributed by atoms with Crippen LogP contribution in [0.5, 0.6) is 0 Å². The lowest BCUT2D eigenvalue weighted by Gasteiger charge is -2.27. The van der Waals surface area contributed by atoms with Crippen molar-refractivity contribution in [2.24, 2.45) is 5.92 Å². The summed E-state index contributed by atoms with van der Waals surface area (Å²) in [6.07, 6.45) is 18.2. The summed E-state index contributed by atoms with van der Waals surface area (Å²) < 4.78 is 0. The van der Waals surface area contributed by atoms with Gasteiger partial charge in [0.25, 0.3) is 0 Å². The van der Waals surface area contributed by atoms with Gasteiger partial charge in [0, 0.05) is 0 Å². The van der Waals surface area contributed by atoms with Crippen LogP contribution in [0.3, 0.4) is 0 Å². The first kappa shape index (κ1) is 20.6. The lowest BCUT2D eigenvalue weighted by molar-refractivity contribution is 0.375. The number of aryl methyl sites for hydroxylation is 1. The van der Waals surface area contributed by atoms with Crippen molar-refractivity contribution in [1.82, 2.24) is 0 Å². The third-order valence-electron chi connectivity index (χ3n) is 6.18. The molecule has 1 aliphatic carbocycles. The highest BCUT2D eigenvalue weighted by Gasteiger charge is 2.20. The van der Waals surface area contributed by atoms with Crippen LogP contribution in [0, 0.1) is 5.92 Å². The van der Waals surface area contributed by atoms with Gasteiger partial charge in [0.2, 0.25) is 0 Å². The molecule has 0 N–H and O–H groups in total. The van der Waals surface area contributed by atoms with Crippen molar-refractivity contribution in [3.8, 4) is 11.1 Å². The molecule has 1 fully saturated rings. The molecule has 0 unspecified atom stereocenters. The van der Waals surface area contributed by atoms with Crippen LogP contribution in [-0.2, 0) is 6.42 Å². The van der Waals surface area contributed by atoms with Gasteiger partial charge in [-0.25, -0.2) is 0 Å². The molecule has 148 valence electrons. The van der Waals surface area contributed by atoms with Crippen LogP contribution < -0.4 is 0 Å². The molecule has 0 aromatic heterocycles. The molecule has 0 radical (unpaired) electrons. The third kappa shape index (κ3) is 5.96. The fraction of sp³-hybridized carbons (Fsp3) is 0.429. The van der Waals surface area contributed by atoms with Crippen molar-refractivity contribution >= 4 is 0 Å². The highest BCUT2D eigenvalue weighted by Crippen LogP contribution is 2.37. The fourth-order valence-electron chi connectivity index (χ4n) is 4.36. The van der Waals surface area contributed by atoms with E-state index in [9.17, 15) is 0 Å². The van der Waals surface area contributed by atoms with Gasteiger partial charge in [0.05, 0.1) is 0 Å². The Bertz CT molecular complexity index is 725. The van der Waals surface area contributed by atoms with E-state index < -0.39 is 0 Å². The zero-order valence-corrected chi connectivity index (χ0v) is 17.6. The number of hydrogen-bond acceptors (Lipinski definition) is 0. The Balaban J connectivity index is 1.54. The highest BCUT2D eigenvalue weighted by molar-refractivity contribution is 5.64. The normalized spacial score (nSPS) is 19.8. The van der Waals surface area contributed by atoms with Gasteiger partial charge in [-0.15, -0.1) is 6.58 Å². The monoisotopic (exact) mass is 372 g/mol. The van der Waals surface area contributed by atoms with Crippen molar-refractivity contribution in [1.29, 1.82) is 0 Å². The lowest BCUT2D eigenvalue weighted by Crippen LogP contribution is -2.11. The summed E-state index contributed by atoms with van der Waals surface area (Å²) in [6, 6.07) is 18.5. The van der Waals surface area contributed by atoms with Crippen LogP contribution in [0.2, 0.25) is 0 Å².